The highest BCUT2D eigenvalue weighted by molar-refractivity contribution is 6.10. The van der Waals surface area contributed by atoms with E-state index in [9.17, 15) is 14.4 Å². The zero-order chi connectivity index (χ0) is 16.8. The molecule has 118 valence electrons. The predicted octanol–water partition coefficient (Wildman–Crippen LogP) is 0.171. The number of amides is 4. The van der Waals surface area contributed by atoms with Crippen molar-refractivity contribution in [3.8, 4) is 18.1 Å². The molecule has 0 aromatic heterocycles. The Balaban J connectivity index is 1.91. The SMILES string of the molecule is C#CC1(CN2Cc3ccc(OC)c(C)c3C2=O)NC(=O)NC1=O. The lowest BCUT2D eigenvalue weighted by Crippen LogP contribution is -2.54. The summed E-state index contributed by atoms with van der Waals surface area (Å²) in [5.74, 6) is 2.07. The van der Waals surface area contributed by atoms with Gasteiger partial charge >= 0.3 is 6.03 Å². The molecule has 2 aliphatic rings. The van der Waals surface area contributed by atoms with Crippen LogP contribution >= 0.6 is 0 Å². The third kappa shape index (κ3) is 2.11. The molecular formula is C16H15N3O4. The van der Waals surface area contributed by atoms with Crippen LogP contribution in [0.5, 0.6) is 5.75 Å². The van der Waals surface area contributed by atoms with Crippen LogP contribution in [0.25, 0.3) is 0 Å². The van der Waals surface area contributed by atoms with E-state index in [1.807, 2.05) is 6.07 Å². The van der Waals surface area contributed by atoms with Gasteiger partial charge in [0.1, 0.15) is 5.75 Å². The first kappa shape index (κ1) is 14.9. The van der Waals surface area contributed by atoms with Crippen molar-refractivity contribution in [2.24, 2.45) is 0 Å². The number of nitrogens with zero attached hydrogens (tertiary/aromatic N) is 1. The standard InChI is InChI=1S/C16H15N3O4/c1-4-16(14(21)17-15(22)18-16)8-19-7-10-5-6-11(23-3)9(2)12(10)13(19)20/h1,5-6H,7-8H2,2-3H3,(H2,17,18,21,22). The molecule has 2 heterocycles. The molecule has 7 heteroatoms. The van der Waals surface area contributed by atoms with E-state index in [1.54, 1.807) is 13.0 Å². The number of nitrogens with one attached hydrogen (secondary N) is 2. The molecule has 1 atom stereocenters. The van der Waals surface area contributed by atoms with Gasteiger partial charge in [0.05, 0.1) is 19.2 Å². The van der Waals surface area contributed by atoms with Gasteiger partial charge in [-0.2, -0.15) is 0 Å². The highest BCUT2D eigenvalue weighted by Gasteiger charge is 2.48. The van der Waals surface area contributed by atoms with Crippen LogP contribution in [0.15, 0.2) is 12.1 Å². The first-order valence-electron chi connectivity index (χ1n) is 6.99. The Morgan fingerprint density at radius 1 is 1.39 bits per heavy atom. The Hall–Kier alpha value is -3.01. The fourth-order valence-electron chi connectivity index (χ4n) is 3.00. The van der Waals surface area contributed by atoms with E-state index < -0.39 is 17.5 Å². The molecule has 1 aromatic carbocycles. The van der Waals surface area contributed by atoms with Crippen LogP contribution in [0.2, 0.25) is 0 Å². The molecule has 0 radical (unpaired) electrons. The van der Waals surface area contributed by atoms with Gasteiger partial charge in [0, 0.05) is 12.1 Å². The summed E-state index contributed by atoms with van der Waals surface area (Å²) >= 11 is 0. The zero-order valence-electron chi connectivity index (χ0n) is 12.7. The first-order valence-corrected chi connectivity index (χ1v) is 6.99. The van der Waals surface area contributed by atoms with Crippen LogP contribution in [0.3, 0.4) is 0 Å². The molecule has 1 unspecified atom stereocenters. The van der Waals surface area contributed by atoms with Gasteiger partial charge in [0.25, 0.3) is 11.8 Å². The zero-order valence-corrected chi connectivity index (χ0v) is 12.7. The lowest BCUT2D eigenvalue weighted by Gasteiger charge is -2.26. The van der Waals surface area contributed by atoms with E-state index in [0.29, 0.717) is 17.9 Å². The van der Waals surface area contributed by atoms with Gasteiger partial charge in [-0.15, -0.1) is 6.42 Å². The van der Waals surface area contributed by atoms with E-state index in [4.69, 9.17) is 11.2 Å². The molecular weight excluding hydrogens is 298 g/mol. The monoisotopic (exact) mass is 313 g/mol. The third-order valence-corrected chi connectivity index (χ3v) is 4.20. The molecule has 0 aliphatic carbocycles. The molecule has 0 bridgehead atoms. The third-order valence-electron chi connectivity index (χ3n) is 4.20. The van der Waals surface area contributed by atoms with Crippen molar-refractivity contribution in [2.45, 2.75) is 19.0 Å². The van der Waals surface area contributed by atoms with E-state index in [-0.39, 0.29) is 12.5 Å². The van der Waals surface area contributed by atoms with Crippen molar-refractivity contribution in [3.05, 3.63) is 28.8 Å². The Bertz CT molecular complexity index is 780. The first-order chi connectivity index (χ1) is 10.9. The van der Waals surface area contributed by atoms with E-state index >= 15 is 0 Å². The molecule has 7 nitrogen and oxygen atoms in total. The summed E-state index contributed by atoms with van der Waals surface area (Å²) in [6, 6.07) is 2.95. The maximum Gasteiger partial charge on any atom is 0.323 e. The summed E-state index contributed by atoms with van der Waals surface area (Å²) in [5, 5.41) is 4.53. The molecule has 2 aliphatic heterocycles. The number of rotatable bonds is 3. The van der Waals surface area contributed by atoms with E-state index in [0.717, 1.165) is 11.1 Å². The maximum absolute atomic E-state index is 12.7. The van der Waals surface area contributed by atoms with Crippen molar-refractivity contribution >= 4 is 17.8 Å². The van der Waals surface area contributed by atoms with Gasteiger partial charge in [-0.05, 0) is 18.6 Å². The maximum atomic E-state index is 12.7. The van der Waals surface area contributed by atoms with Crippen molar-refractivity contribution in [3.63, 3.8) is 0 Å². The second-order valence-corrected chi connectivity index (χ2v) is 5.55. The van der Waals surface area contributed by atoms with Gasteiger partial charge in [-0.25, -0.2) is 4.79 Å². The largest absolute Gasteiger partial charge is 0.496 e. The number of benzene rings is 1. The van der Waals surface area contributed by atoms with Crippen LogP contribution < -0.4 is 15.4 Å². The van der Waals surface area contributed by atoms with Crippen LogP contribution in [0.4, 0.5) is 4.79 Å². The highest BCUT2D eigenvalue weighted by atomic mass is 16.5. The van der Waals surface area contributed by atoms with Gasteiger partial charge in [0.15, 0.2) is 5.54 Å². The number of methoxy groups -OCH3 is 1. The van der Waals surface area contributed by atoms with Crippen LogP contribution in [0, 0.1) is 19.3 Å². The molecule has 1 fully saturated rings. The second kappa shape index (κ2) is 5.02. The normalized spacial score (nSPS) is 22.5. The number of hydrogen-bond acceptors (Lipinski definition) is 4. The number of carbonyl (C=O) groups excluding carboxylic acids is 3. The summed E-state index contributed by atoms with van der Waals surface area (Å²) in [6.07, 6.45) is 5.44. The fraction of sp³-hybridized carbons (Fsp3) is 0.312. The van der Waals surface area contributed by atoms with Gasteiger partial charge in [0.2, 0.25) is 0 Å². The summed E-state index contributed by atoms with van der Waals surface area (Å²) in [5.41, 5.74) is 0.603. The molecule has 0 saturated carbocycles. The summed E-state index contributed by atoms with van der Waals surface area (Å²) in [7, 11) is 1.54. The lowest BCUT2D eigenvalue weighted by atomic mass is 10.0. The number of carbonyl (C=O) groups is 3. The van der Waals surface area contributed by atoms with Crippen molar-refractivity contribution < 1.29 is 19.1 Å². The van der Waals surface area contributed by atoms with Crippen molar-refractivity contribution in [2.75, 3.05) is 13.7 Å². The number of ether oxygens (including phenoxy) is 1. The number of imide groups is 1. The molecule has 23 heavy (non-hydrogen) atoms. The minimum atomic E-state index is -1.53. The molecule has 0 spiro atoms. The Morgan fingerprint density at radius 2 is 2.13 bits per heavy atom. The smallest absolute Gasteiger partial charge is 0.323 e. The average molecular weight is 313 g/mol. The molecule has 3 rings (SSSR count). The number of terminal acetylenes is 1. The van der Waals surface area contributed by atoms with Crippen molar-refractivity contribution in [1.82, 2.24) is 15.5 Å². The number of fused-ring (bicyclic) bond motifs is 1. The summed E-state index contributed by atoms with van der Waals surface area (Å²) in [6.45, 7) is 2.04. The fourth-order valence-corrected chi connectivity index (χ4v) is 3.00. The highest BCUT2D eigenvalue weighted by Crippen LogP contribution is 2.32. The molecule has 1 saturated heterocycles. The van der Waals surface area contributed by atoms with Gasteiger partial charge < -0.3 is 15.0 Å². The minimum absolute atomic E-state index is 0.0870. The Kier molecular flexibility index (Phi) is 3.25. The number of hydrogen-bond donors (Lipinski definition) is 2. The minimum Gasteiger partial charge on any atom is -0.496 e. The summed E-state index contributed by atoms with van der Waals surface area (Å²) in [4.78, 5) is 37.5. The van der Waals surface area contributed by atoms with E-state index in [2.05, 4.69) is 16.6 Å². The summed E-state index contributed by atoms with van der Waals surface area (Å²) < 4.78 is 5.24. The van der Waals surface area contributed by atoms with Crippen LogP contribution in [0.1, 0.15) is 21.5 Å². The Labute approximate surface area is 133 Å². The molecule has 4 amide bonds. The van der Waals surface area contributed by atoms with Crippen LogP contribution in [-0.2, 0) is 11.3 Å². The quantitative estimate of drug-likeness (QED) is 0.615. The molecule has 2 N–H and O–H groups in total. The Morgan fingerprint density at radius 3 is 2.70 bits per heavy atom. The molecule has 1 aromatic rings. The van der Waals surface area contributed by atoms with E-state index in [1.165, 1.54) is 12.0 Å². The van der Waals surface area contributed by atoms with Crippen molar-refractivity contribution in [1.29, 1.82) is 0 Å². The second-order valence-electron chi connectivity index (χ2n) is 5.55. The van der Waals surface area contributed by atoms with Gasteiger partial charge in [-0.1, -0.05) is 12.0 Å². The topological polar surface area (TPSA) is 87.7 Å². The average Bonchev–Trinajstić information content (AvgIpc) is 2.98. The predicted molar refractivity (Wildman–Crippen MR) is 80.7 cm³/mol. The number of urea groups is 1. The van der Waals surface area contributed by atoms with Gasteiger partial charge in [-0.3, -0.25) is 14.9 Å². The lowest BCUT2D eigenvalue weighted by molar-refractivity contribution is -0.122. The van der Waals surface area contributed by atoms with Crippen LogP contribution in [-0.4, -0.2) is 41.9 Å².